The number of hydrogen-bond donors (Lipinski definition) is 2. The van der Waals surface area contributed by atoms with Gasteiger partial charge in [0, 0.05) is 31.8 Å². The number of aromatic nitrogens is 3. The van der Waals surface area contributed by atoms with Gasteiger partial charge < -0.3 is 10.1 Å². The monoisotopic (exact) mass is 497 g/mol. The Kier molecular flexibility index (Phi) is 6.30. The van der Waals surface area contributed by atoms with Crippen LogP contribution in [0.15, 0.2) is 42.7 Å². The Hall–Kier alpha value is -3.48. The van der Waals surface area contributed by atoms with E-state index < -0.39 is 57.1 Å². The summed E-state index contributed by atoms with van der Waals surface area (Å²) < 4.78 is 87.9. The summed E-state index contributed by atoms with van der Waals surface area (Å²) in [7, 11) is -2.71. The number of nitrogens with zero attached hydrogens (tertiary/aromatic N) is 3. The quantitative estimate of drug-likeness (QED) is 0.443. The summed E-state index contributed by atoms with van der Waals surface area (Å²) in [5, 5.41) is 2.78. The highest BCUT2D eigenvalue weighted by Crippen LogP contribution is 2.44. The van der Waals surface area contributed by atoms with Gasteiger partial charge in [-0.2, -0.15) is 4.39 Å². The fraction of sp³-hybridized carbons (Fsp3) is 0.286. The van der Waals surface area contributed by atoms with Gasteiger partial charge in [-0.1, -0.05) is 0 Å². The fourth-order valence-electron chi connectivity index (χ4n) is 3.34. The van der Waals surface area contributed by atoms with E-state index in [0.29, 0.717) is 17.2 Å². The van der Waals surface area contributed by atoms with Crippen LogP contribution in [0.2, 0.25) is 0 Å². The molecule has 0 radical (unpaired) electrons. The van der Waals surface area contributed by atoms with Crippen LogP contribution in [0.25, 0.3) is 11.3 Å². The maximum Gasteiger partial charge on any atom is 0.252 e. The molecular formula is C21H19F4N5O3S. The van der Waals surface area contributed by atoms with Gasteiger partial charge in [0.05, 0.1) is 22.7 Å². The Bertz CT molecular complexity index is 1320. The maximum absolute atomic E-state index is 14.7. The molecule has 1 aliphatic rings. The molecule has 34 heavy (non-hydrogen) atoms. The number of ether oxygens (including phenoxy) is 1. The molecule has 2 N–H and O–H groups in total. The second-order valence-corrected chi connectivity index (χ2v) is 9.36. The van der Waals surface area contributed by atoms with Crippen molar-refractivity contribution in [2.24, 2.45) is 5.92 Å². The Balaban J connectivity index is 1.57. The first-order valence-electron chi connectivity index (χ1n) is 10.1. The summed E-state index contributed by atoms with van der Waals surface area (Å²) in [6.45, 7) is 0. The number of halogens is 4. The third-order valence-electron chi connectivity index (χ3n) is 5.29. The van der Waals surface area contributed by atoms with Crippen molar-refractivity contribution in [1.82, 2.24) is 15.0 Å². The number of nitrogens with one attached hydrogen (secondary N) is 2. The summed E-state index contributed by atoms with van der Waals surface area (Å²) in [6.07, 6.45) is 2.51. The highest BCUT2D eigenvalue weighted by atomic mass is 32.2. The first kappa shape index (κ1) is 23.7. The van der Waals surface area contributed by atoms with Gasteiger partial charge in [-0.15, -0.1) is 0 Å². The predicted octanol–water partition coefficient (Wildman–Crippen LogP) is 4.44. The number of benzene rings is 1. The van der Waals surface area contributed by atoms with Gasteiger partial charge in [0.25, 0.3) is 5.92 Å². The standard InChI is InChI=1S/C21H19F4N5O3S/c1-26-20-28-10-7-14(29-20)13-3-2-9-27-19(13)33-16-5-4-15(17(22)18(16)23)30-34(31,32)11-12-6-8-21(12,24)25/h2-5,7,9-10,12,30H,6,8,11H2,1H3,(H,26,28,29). The van der Waals surface area contributed by atoms with E-state index in [1.54, 1.807) is 25.2 Å². The minimum absolute atomic E-state index is 0.0338. The topological polar surface area (TPSA) is 106 Å². The van der Waals surface area contributed by atoms with Crippen LogP contribution in [0.3, 0.4) is 0 Å². The van der Waals surface area contributed by atoms with Crippen molar-refractivity contribution < 1.29 is 30.7 Å². The fourth-order valence-corrected chi connectivity index (χ4v) is 4.85. The van der Waals surface area contributed by atoms with Gasteiger partial charge in [-0.05, 0) is 36.8 Å². The lowest BCUT2D eigenvalue weighted by Gasteiger charge is -2.35. The molecule has 1 unspecified atom stereocenters. The van der Waals surface area contributed by atoms with Gasteiger partial charge in [0.1, 0.15) is 0 Å². The lowest BCUT2D eigenvalue weighted by atomic mass is 9.82. The number of pyridine rings is 1. The van der Waals surface area contributed by atoms with Crippen LogP contribution in [0.5, 0.6) is 11.6 Å². The average Bonchev–Trinajstić information content (AvgIpc) is 2.82. The van der Waals surface area contributed by atoms with Crippen LogP contribution in [0, 0.1) is 17.6 Å². The molecule has 180 valence electrons. The van der Waals surface area contributed by atoms with Crippen molar-refractivity contribution in [3.63, 3.8) is 0 Å². The molecule has 3 aromatic rings. The second kappa shape index (κ2) is 9.05. The molecule has 1 saturated carbocycles. The van der Waals surface area contributed by atoms with E-state index in [1.165, 1.54) is 12.4 Å². The van der Waals surface area contributed by atoms with Gasteiger partial charge >= 0.3 is 0 Å². The molecule has 0 saturated heterocycles. The summed E-state index contributed by atoms with van der Waals surface area (Å²) >= 11 is 0. The summed E-state index contributed by atoms with van der Waals surface area (Å²) in [6, 6.07) is 6.73. The van der Waals surface area contributed by atoms with Crippen LogP contribution in [0.1, 0.15) is 12.8 Å². The summed E-state index contributed by atoms with van der Waals surface area (Å²) in [4.78, 5) is 12.3. The summed E-state index contributed by atoms with van der Waals surface area (Å²) in [5.41, 5.74) is 0.0520. The van der Waals surface area contributed by atoms with Crippen LogP contribution in [-0.4, -0.2) is 42.1 Å². The zero-order valence-corrected chi connectivity index (χ0v) is 18.5. The number of sulfonamides is 1. The van der Waals surface area contributed by atoms with Crippen molar-refractivity contribution in [2.75, 3.05) is 22.8 Å². The van der Waals surface area contributed by atoms with E-state index >= 15 is 0 Å². The highest BCUT2D eigenvalue weighted by molar-refractivity contribution is 7.92. The third-order valence-corrected chi connectivity index (χ3v) is 6.66. The van der Waals surface area contributed by atoms with E-state index in [-0.39, 0.29) is 12.3 Å². The Morgan fingerprint density at radius 3 is 2.59 bits per heavy atom. The predicted molar refractivity (Wildman–Crippen MR) is 116 cm³/mol. The van der Waals surface area contributed by atoms with Crippen LogP contribution < -0.4 is 14.8 Å². The number of alkyl halides is 2. The lowest BCUT2D eigenvalue weighted by Crippen LogP contribution is -2.43. The molecule has 0 amide bonds. The molecule has 0 aliphatic heterocycles. The molecule has 1 fully saturated rings. The number of rotatable bonds is 8. The van der Waals surface area contributed by atoms with E-state index in [0.717, 1.165) is 12.1 Å². The van der Waals surface area contributed by atoms with Gasteiger partial charge in [0.2, 0.25) is 27.7 Å². The van der Waals surface area contributed by atoms with Crippen LogP contribution in [0.4, 0.5) is 29.2 Å². The molecule has 4 rings (SSSR count). The van der Waals surface area contributed by atoms with Crippen molar-refractivity contribution in [3.05, 3.63) is 54.4 Å². The third kappa shape index (κ3) is 4.88. The van der Waals surface area contributed by atoms with Crippen molar-refractivity contribution in [3.8, 4) is 22.9 Å². The lowest BCUT2D eigenvalue weighted by molar-refractivity contribution is -0.122. The SMILES string of the molecule is CNc1nccc(-c2cccnc2Oc2ccc(NS(=O)(=O)CC3CCC3(F)F)c(F)c2F)n1. The van der Waals surface area contributed by atoms with E-state index in [4.69, 9.17) is 4.74 Å². The molecule has 2 heterocycles. The zero-order valence-electron chi connectivity index (χ0n) is 17.7. The molecule has 0 spiro atoms. The molecule has 1 aliphatic carbocycles. The summed E-state index contributed by atoms with van der Waals surface area (Å²) in [5.74, 6) is -8.70. The first-order chi connectivity index (χ1) is 16.1. The highest BCUT2D eigenvalue weighted by Gasteiger charge is 2.50. The first-order valence-corrected chi connectivity index (χ1v) is 11.8. The van der Waals surface area contributed by atoms with Crippen molar-refractivity contribution >= 4 is 21.7 Å². The van der Waals surface area contributed by atoms with Gasteiger partial charge in [-0.3, -0.25) is 4.72 Å². The minimum Gasteiger partial charge on any atom is -0.435 e. The van der Waals surface area contributed by atoms with E-state index in [1.807, 2.05) is 4.72 Å². The maximum atomic E-state index is 14.7. The smallest absolute Gasteiger partial charge is 0.252 e. The molecule has 0 bridgehead atoms. The number of hydrogen-bond acceptors (Lipinski definition) is 7. The number of anilines is 2. The molecule has 8 nitrogen and oxygen atoms in total. The Morgan fingerprint density at radius 1 is 1.12 bits per heavy atom. The molecule has 2 aromatic heterocycles. The van der Waals surface area contributed by atoms with Crippen LogP contribution >= 0.6 is 0 Å². The largest absolute Gasteiger partial charge is 0.435 e. The Labute approximate surface area is 192 Å². The van der Waals surface area contributed by atoms with E-state index in [2.05, 4.69) is 20.3 Å². The molecule has 1 atom stereocenters. The zero-order chi connectivity index (χ0) is 24.5. The van der Waals surface area contributed by atoms with Crippen LogP contribution in [-0.2, 0) is 10.0 Å². The molecular weight excluding hydrogens is 478 g/mol. The average molecular weight is 497 g/mol. The minimum atomic E-state index is -4.34. The normalized spacial score (nSPS) is 17.0. The van der Waals surface area contributed by atoms with E-state index in [9.17, 15) is 26.0 Å². The van der Waals surface area contributed by atoms with Crippen molar-refractivity contribution in [1.29, 1.82) is 0 Å². The van der Waals surface area contributed by atoms with Gasteiger partial charge in [-0.25, -0.2) is 36.5 Å². The Morgan fingerprint density at radius 2 is 1.91 bits per heavy atom. The van der Waals surface area contributed by atoms with Gasteiger partial charge in [0.15, 0.2) is 11.6 Å². The van der Waals surface area contributed by atoms with Crippen molar-refractivity contribution in [2.45, 2.75) is 18.8 Å². The second-order valence-electron chi connectivity index (χ2n) is 7.59. The molecule has 1 aromatic carbocycles. The molecule has 13 heteroatoms.